The number of carbonyl (C=O) groups excluding carboxylic acids is 1. The van der Waals surface area contributed by atoms with Gasteiger partial charge in [-0.15, -0.1) is 0 Å². The molecule has 1 heterocycles. The minimum atomic E-state index is -0.673. The highest BCUT2D eigenvalue weighted by molar-refractivity contribution is 5.97. The second-order valence-electron chi connectivity index (χ2n) is 5.23. The smallest absolute Gasteiger partial charge is 0.256 e. The van der Waals surface area contributed by atoms with Gasteiger partial charge in [0.2, 0.25) is 0 Å². The van der Waals surface area contributed by atoms with Crippen LogP contribution in [0.25, 0.3) is 0 Å². The third-order valence-corrected chi connectivity index (χ3v) is 3.55. The zero-order valence-corrected chi connectivity index (χ0v) is 11.4. The number of rotatable bonds is 5. The largest absolute Gasteiger partial charge is 0.365 e. The van der Waals surface area contributed by atoms with Crippen LogP contribution < -0.4 is 11.1 Å². The number of aryl methyl sites for hydroxylation is 1. The average Bonchev–Trinajstić information content (AvgIpc) is 2.85. The lowest BCUT2D eigenvalue weighted by molar-refractivity contribution is -0.133. The van der Waals surface area contributed by atoms with Gasteiger partial charge in [-0.05, 0) is 56.8 Å². The van der Waals surface area contributed by atoms with Crippen LogP contribution in [0.5, 0.6) is 0 Å². The zero-order valence-electron chi connectivity index (χ0n) is 11.4. The molecular formula is C15H22N2O2. The Morgan fingerprint density at radius 2 is 2.37 bits per heavy atom. The summed E-state index contributed by atoms with van der Waals surface area (Å²) in [5.74, 6) is -0.0547. The minimum absolute atomic E-state index is 0.0547. The molecule has 1 aromatic rings. The first-order chi connectivity index (χ1) is 9.14. The molecule has 1 atom stereocenters. The van der Waals surface area contributed by atoms with Gasteiger partial charge in [-0.1, -0.05) is 12.1 Å². The molecule has 1 aromatic carbocycles. The maximum absolute atomic E-state index is 12.2. The van der Waals surface area contributed by atoms with Crippen molar-refractivity contribution >= 4 is 11.6 Å². The quantitative estimate of drug-likeness (QED) is 0.854. The summed E-state index contributed by atoms with van der Waals surface area (Å²) < 4.78 is 5.54. The Morgan fingerprint density at radius 1 is 1.53 bits per heavy atom. The average molecular weight is 262 g/mol. The highest BCUT2D eigenvalue weighted by Gasteiger charge is 2.37. The Hall–Kier alpha value is -1.39. The summed E-state index contributed by atoms with van der Waals surface area (Å²) >= 11 is 0. The van der Waals surface area contributed by atoms with Gasteiger partial charge in [0.05, 0.1) is 0 Å². The number of carbonyl (C=O) groups is 1. The predicted octanol–water partition coefficient (Wildman–Crippen LogP) is 2.09. The fourth-order valence-corrected chi connectivity index (χ4v) is 2.33. The van der Waals surface area contributed by atoms with E-state index < -0.39 is 5.60 Å². The molecule has 1 amide bonds. The van der Waals surface area contributed by atoms with Crippen molar-refractivity contribution in [1.29, 1.82) is 0 Å². The predicted molar refractivity (Wildman–Crippen MR) is 76.0 cm³/mol. The maximum atomic E-state index is 12.2. The minimum Gasteiger partial charge on any atom is -0.365 e. The van der Waals surface area contributed by atoms with Crippen LogP contribution in [0.3, 0.4) is 0 Å². The van der Waals surface area contributed by atoms with Gasteiger partial charge in [-0.2, -0.15) is 0 Å². The Kier molecular flexibility index (Phi) is 4.56. The molecular weight excluding hydrogens is 240 g/mol. The Balaban J connectivity index is 2.00. The number of anilines is 1. The van der Waals surface area contributed by atoms with Crippen LogP contribution in [0.15, 0.2) is 24.3 Å². The Morgan fingerprint density at radius 3 is 3.05 bits per heavy atom. The van der Waals surface area contributed by atoms with Crippen LogP contribution in [0.2, 0.25) is 0 Å². The standard InChI is InChI=1S/C15H22N2O2/c1-15(8-4-10-19-15)14(18)17-13-7-2-5-12(11-13)6-3-9-16/h2,5,7,11H,3-4,6,8-10,16H2,1H3,(H,17,18). The topological polar surface area (TPSA) is 64.4 Å². The molecule has 0 aliphatic carbocycles. The number of amides is 1. The van der Waals surface area contributed by atoms with Crippen LogP contribution >= 0.6 is 0 Å². The molecule has 1 saturated heterocycles. The van der Waals surface area contributed by atoms with E-state index in [4.69, 9.17) is 10.5 Å². The van der Waals surface area contributed by atoms with Crippen LogP contribution in [0, 0.1) is 0 Å². The van der Waals surface area contributed by atoms with E-state index in [9.17, 15) is 4.79 Å². The summed E-state index contributed by atoms with van der Waals surface area (Å²) in [5.41, 5.74) is 6.86. The molecule has 4 nitrogen and oxygen atoms in total. The molecule has 1 aliphatic rings. The summed E-state index contributed by atoms with van der Waals surface area (Å²) in [6.45, 7) is 3.20. The summed E-state index contributed by atoms with van der Waals surface area (Å²) in [7, 11) is 0. The normalized spacial score (nSPS) is 22.4. The van der Waals surface area contributed by atoms with Gasteiger partial charge in [0.15, 0.2) is 0 Å². The van der Waals surface area contributed by atoms with Crippen molar-refractivity contribution in [3.63, 3.8) is 0 Å². The van der Waals surface area contributed by atoms with Gasteiger partial charge in [-0.3, -0.25) is 4.79 Å². The molecule has 4 heteroatoms. The number of hydrogen-bond donors (Lipinski definition) is 2. The van der Waals surface area contributed by atoms with Crippen molar-refractivity contribution in [2.75, 3.05) is 18.5 Å². The summed E-state index contributed by atoms with van der Waals surface area (Å²) in [4.78, 5) is 12.2. The molecule has 19 heavy (non-hydrogen) atoms. The van der Waals surface area contributed by atoms with Crippen molar-refractivity contribution in [3.8, 4) is 0 Å². The third-order valence-electron chi connectivity index (χ3n) is 3.55. The highest BCUT2D eigenvalue weighted by atomic mass is 16.5. The van der Waals surface area contributed by atoms with E-state index >= 15 is 0 Å². The number of benzene rings is 1. The fourth-order valence-electron chi connectivity index (χ4n) is 2.33. The highest BCUT2D eigenvalue weighted by Crippen LogP contribution is 2.26. The van der Waals surface area contributed by atoms with Crippen LogP contribution in [-0.2, 0) is 16.0 Å². The zero-order chi connectivity index (χ0) is 13.7. The molecule has 104 valence electrons. The first-order valence-electron chi connectivity index (χ1n) is 6.88. The van der Waals surface area contributed by atoms with E-state index in [1.807, 2.05) is 25.1 Å². The summed E-state index contributed by atoms with van der Waals surface area (Å²) in [6, 6.07) is 7.92. The summed E-state index contributed by atoms with van der Waals surface area (Å²) in [6.07, 6.45) is 3.62. The van der Waals surface area contributed by atoms with Crippen LogP contribution in [0.1, 0.15) is 31.7 Å². The van der Waals surface area contributed by atoms with Crippen LogP contribution in [0.4, 0.5) is 5.69 Å². The third kappa shape index (κ3) is 3.55. The Labute approximate surface area is 114 Å². The number of nitrogens with one attached hydrogen (secondary N) is 1. The number of nitrogens with two attached hydrogens (primary N) is 1. The Bertz CT molecular complexity index is 440. The van der Waals surface area contributed by atoms with Crippen molar-refractivity contribution in [2.24, 2.45) is 5.73 Å². The molecule has 1 fully saturated rings. The van der Waals surface area contributed by atoms with Gasteiger partial charge in [0.1, 0.15) is 5.60 Å². The SMILES string of the molecule is CC1(C(=O)Nc2cccc(CCCN)c2)CCCO1. The summed E-state index contributed by atoms with van der Waals surface area (Å²) in [5, 5.41) is 2.95. The lowest BCUT2D eigenvalue weighted by atomic mass is 10.0. The van der Waals surface area contributed by atoms with E-state index in [-0.39, 0.29) is 5.91 Å². The van der Waals surface area contributed by atoms with Crippen molar-refractivity contribution < 1.29 is 9.53 Å². The van der Waals surface area contributed by atoms with E-state index in [1.165, 1.54) is 5.56 Å². The molecule has 0 radical (unpaired) electrons. The molecule has 1 unspecified atom stereocenters. The molecule has 1 aliphatic heterocycles. The van der Waals surface area contributed by atoms with Gasteiger partial charge in [0.25, 0.3) is 5.91 Å². The molecule has 3 N–H and O–H groups in total. The van der Waals surface area contributed by atoms with E-state index in [0.29, 0.717) is 13.2 Å². The second kappa shape index (κ2) is 6.17. The van der Waals surface area contributed by atoms with E-state index in [1.54, 1.807) is 0 Å². The number of ether oxygens (including phenoxy) is 1. The van der Waals surface area contributed by atoms with Crippen molar-refractivity contribution in [2.45, 2.75) is 38.2 Å². The fraction of sp³-hybridized carbons (Fsp3) is 0.533. The van der Waals surface area contributed by atoms with E-state index in [0.717, 1.165) is 31.4 Å². The van der Waals surface area contributed by atoms with Gasteiger partial charge in [-0.25, -0.2) is 0 Å². The van der Waals surface area contributed by atoms with Gasteiger partial charge in [0, 0.05) is 12.3 Å². The number of hydrogen-bond acceptors (Lipinski definition) is 3. The molecule has 0 saturated carbocycles. The lowest BCUT2D eigenvalue weighted by Gasteiger charge is -2.22. The van der Waals surface area contributed by atoms with Crippen molar-refractivity contribution in [3.05, 3.63) is 29.8 Å². The van der Waals surface area contributed by atoms with E-state index in [2.05, 4.69) is 11.4 Å². The first kappa shape index (κ1) is 14.0. The molecule has 0 bridgehead atoms. The van der Waals surface area contributed by atoms with Gasteiger partial charge < -0.3 is 15.8 Å². The van der Waals surface area contributed by atoms with Crippen LogP contribution in [-0.4, -0.2) is 24.7 Å². The first-order valence-corrected chi connectivity index (χ1v) is 6.88. The van der Waals surface area contributed by atoms with Crippen molar-refractivity contribution in [1.82, 2.24) is 0 Å². The molecule has 0 spiro atoms. The monoisotopic (exact) mass is 262 g/mol. The molecule has 2 rings (SSSR count). The van der Waals surface area contributed by atoms with Gasteiger partial charge >= 0.3 is 0 Å². The lowest BCUT2D eigenvalue weighted by Crippen LogP contribution is -2.39. The molecule has 0 aromatic heterocycles. The maximum Gasteiger partial charge on any atom is 0.256 e. The second-order valence-corrected chi connectivity index (χ2v) is 5.23.